The molecular formula is C13H19FN2O2. The van der Waals surface area contributed by atoms with E-state index in [0.29, 0.717) is 0 Å². The number of esters is 1. The van der Waals surface area contributed by atoms with Gasteiger partial charge in [0.15, 0.2) is 0 Å². The van der Waals surface area contributed by atoms with Crippen LogP contribution in [0, 0.1) is 5.82 Å². The van der Waals surface area contributed by atoms with E-state index in [-0.39, 0.29) is 22.5 Å². The van der Waals surface area contributed by atoms with Crippen molar-refractivity contribution >= 4 is 17.3 Å². The van der Waals surface area contributed by atoms with E-state index in [9.17, 15) is 9.18 Å². The Morgan fingerprint density at radius 3 is 2.61 bits per heavy atom. The maximum atomic E-state index is 13.8. The Bertz CT molecular complexity index is 459. The fraction of sp³-hybridized carbons (Fsp3) is 0.462. The average Bonchev–Trinajstić information content (AvgIpc) is 2.31. The second-order valence-electron chi connectivity index (χ2n) is 4.77. The summed E-state index contributed by atoms with van der Waals surface area (Å²) in [7, 11) is 1.26. The molecule has 1 aromatic carbocycles. The van der Waals surface area contributed by atoms with Crippen LogP contribution < -0.4 is 11.1 Å². The van der Waals surface area contributed by atoms with Crippen LogP contribution >= 0.6 is 0 Å². The van der Waals surface area contributed by atoms with Gasteiger partial charge in [0.1, 0.15) is 5.82 Å². The normalized spacial score (nSPS) is 11.2. The molecule has 1 rings (SSSR count). The number of carbonyl (C=O) groups is 1. The van der Waals surface area contributed by atoms with Crippen LogP contribution in [0.4, 0.5) is 15.8 Å². The summed E-state index contributed by atoms with van der Waals surface area (Å²) in [4.78, 5) is 11.5. The van der Waals surface area contributed by atoms with Gasteiger partial charge in [0.2, 0.25) is 0 Å². The van der Waals surface area contributed by atoms with E-state index >= 15 is 0 Å². The van der Waals surface area contributed by atoms with Gasteiger partial charge in [-0.15, -0.1) is 0 Å². The maximum Gasteiger partial charge on any atom is 0.340 e. The van der Waals surface area contributed by atoms with Gasteiger partial charge < -0.3 is 15.8 Å². The molecule has 0 saturated heterocycles. The van der Waals surface area contributed by atoms with Gasteiger partial charge in [-0.25, -0.2) is 9.18 Å². The van der Waals surface area contributed by atoms with Crippen molar-refractivity contribution < 1.29 is 13.9 Å². The predicted molar refractivity (Wildman–Crippen MR) is 70.1 cm³/mol. The summed E-state index contributed by atoms with van der Waals surface area (Å²) >= 11 is 0. The molecule has 0 heterocycles. The van der Waals surface area contributed by atoms with Gasteiger partial charge in [0.05, 0.1) is 18.4 Å². The number of nitrogens with one attached hydrogen (secondary N) is 1. The minimum atomic E-state index is -0.579. The largest absolute Gasteiger partial charge is 0.465 e. The number of benzene rings is 1. The quantitative estimate of drug-likeness (QED) is 0.640. The number of methoxy groups -OCH3 is 1. The third-order valence-corrected chi connectivity index (χ3v) is 2.90. The molecule has 18 heavy (non-hydrogen) atoms. The molecule has 0 aliphatic heterocycles. The fourth-order valence-corrected chi connectivity index (χ4v) is 1.42. The van der Waals surface area contributed by atoms with Gasteiger partial charge in [-0.2, -0.15) is 0 Å². The van der Waals surface area contributed by atoms with Crippen LogP contribution in [0.5, 0.6) is 0 Å². The lowest BCUT2D eigenvalue weighted by molar-refractivity contribution is 0.0602. The van der Waals surface area contributed by atoms with Gasteiger partial charge in [0, 0.05) is 11.2 Å². The minimum absolute atomic E-state index is 0.0687. The number of anilines is 2. The summed E-state index contributed by atoms with van der Waals surface area (Å²) < 4.78 is 18.4. The Labute approximate surface area is 106 Å². The van der Waals surface area contributed by atoms with Gasteiger partial charge in [-0.05, 0) is 32.4 Å². The number of hydrogen-bond acceptors (Lipinski definition) is 4. The molecular weight excluding hydrogens is 235 g/mol. The second kappa shape index (κ2) is 5.25. The molecule has 3 N–H and O–H groups in total. The molecule has 0 aliphatic rings. The Balaban J connectivity index is 3.17. The molecule has 0 aliphatic carbocycles. The van der Waals surface area contributed by atoms with E-state index in [4.69, 9.17) is 5.73 Å². The van der Waals surface area contributed by atoms with E-state index in [1.165, 1.54) is 13.2 Å². The number of halogens is 1. The summed E-state index contributed by atoms with van der Waals surface area (Å²) in [5.41, 5.74) is 5.80. The molecule has 1 aromatic rings. The first-order chi connectivity index (χ1) is 8.30. The number of rotatable bonds is 4. The van der Waals surface area contributed by atoms with Crippen molar-refractivity contribution in [3.05, 3.63) is 23.5 Å². The standard InChI is InChI=1S/C13H19FN2O2/c1-5-13(2,3)16-11-6-8(12(17)18-4)10(15)7-9(11)14/h6-7,16H,5,15H2,1-4H3. The van der Waals surface area contributed by atoms with Gasteiger partial charge >= 0.3 is 5.97 Å². The summed E-state index contributed by atoms with van der Waals surface area (Å²) in [5, 5.41) is 3.04. The molecule has 0 amide bonds. The third-order valence-electron chi connectivity index (χ3n) is 2.90. The van der Waals surface area contributed by atoms with Crippen LogP contribution in [-0.4, -0.2) is 18.6 Å². The molecule has 5 heteroatoms. The van der Waals surface area contributed by atoms with E-state index in [1.54, 1.807) is 0 Å². The van der Waals surface area contributed by atoms with Gasteiger partial charge in [-0.3, -0.25) is 0 Å². The van der Waals surface area contributed by atoms with Crippen LogP contribution in [0.15, 0.2) is 12.1 Å². The zero-order valence-corrected chi connectivity index (χ0v) is 11.1. The summed E-state index contributed by atoms with van der Waals surface area (Å²) in [6.45, 7) is 5.88. The topological polar surface area (TPSA) is 64.3 Å². The fourth-order valence-electron chi connectivity index (χ4n) is 1.42. The number of hydrogen-bond donors (Lipinski definition) is 2. The number of nitrogens with two attached hydrogens (primary N) is 1. The van der Waals surface area contributed by atoms with E-state index in [0.717, 1.165) is 12.5 Å². The molecule has 0 radical (unpaired) electrons. The third kappa shape index (κ3) is 3.12. The van der Waals surface area contributed by atoms with Crippen LogP contribution in [0.2, 0.25) is 0 Å². The van der Waals surface area contributed by atoms with Crippen molar-refractivity contribution in [2.24, 2.45) is 0 Å². The van der Waals surface area contributed by atoms with Crippen molar-refractivity contribution in [1.29, 1.82) is 0 Å². The molecule has 0 saturated carbocycles. The first kappa shape index (κ1) is 14.3. The molecule has 100 valence electrons. The highest BCUT2D eigenvalue weighted by Gasteiger charge is 2.20. The van der Waals surface area contributed by atoms with Crippen molar-refractivity contribution in [3.63, 3.8) is 0 Å². The smallest absolute Gasteiger partial charge is 0.340 e. The molecule has 4 nitrogen and oxygen atoms in total. The Kier molecular flexibility index (Phi) is 4.16. The van der Waals surface area contributed by atoms with Crippen LogP contribution in [0.25, 0.3) is 0 Å². The molecule has 0 aromatic heterocycles. The van der Waals surface area contributed by atoms with Crippen LogP contribution in [0.3, 0.4) is 0 Å². The highest BCUT2D eigenvalue weighted by Crippen LogP contribution is 2.26. The van der Waals surface area contributed by atoms with Crippen LogP contribution in [0.1, 0.15) is 37.6 Å². The lowest BCUT2D eigenvalue weighted by Crippen LogP contribution is -2.30. The average molecular weight is 254 g/mol. The SMILES string of the molecule is CCC(C)(C)Nc1cc(C(=O)OC)c(N)cc1F. The summed E-state index contributed by atoms with van der Waals surface area (Å²) in [5.74, 6) is -1.06. The van der Waals surface area contributed by atoms with E-state index in [1.807, 2.05) is 20.8 Å². The van der Waals surface area contributed by atoms with Crippen molar-refractivity contribution in [2.45, 2.75) is 32.7 Å². The van der Waals surface area contributed by atoms with Crippen molar-refractivity contribution in [3.8, 4) is 0 Å². The van der Waals surface area contributed by atoms with Crippen molar-refractivity contribution in [1.82, 2.24) is 0 Å². The highest BCUT2D eigenvalue weighted by atomic mass is 19.1. The Hall–Kier alpha value is -1.78. The Morgan fingerprint density at radius 1 is 1.50 bits per heavy atom. The predicted octanol–water partition coefficient (Wildman–Crippen LogP) is 2.79. The summed E-state index contributed by atoms with van der Waals surface area (Å²) in [6.07, 6.45) is 0.810. The lowest BCUT2D eigenvalue weighted by Gasteiger charge is -2.26. The Morgan fingerprint density at radius 2 is 2.11 bits per heavy atom. The highest BCUT2D eigenvalue weighted by molar-refractivity contribution is 5.96. The van der Waals surface area contributed by atoms with Gasteiger partial charge in [-0.1, -0.05) is 6.92 Å². The first-order valence-electron chi connectivity index (χ1n) is 5.76. The second-order valence-corrected chi connectivity index (χ2v) is 4.77. The number of carbonyl (C=O) groups excluding carboxylic acids is 1. The lowest BCUT2D eigenvalue weighted by atomic mass is 10.0. The summed E-state index contributed by atoms with van der Waals surface area (Å²) in [6, 6.07) is 2.51. The van der Waals surface area contributed by atoms with Crippen LogP contribution in [-0.2, 0) is 4.74 Å². The zero-order valence-electron chi connectivity index (χ0n) is 11.1. The van der Waals surface area contributed by atoms with Gasteiger partial charge in [0.25, 0.3) is 0 Å². The first-order valence-corrected chi connectivity index (χ1v) is 5.76. The van der Waals surface area contributed by atoms with E-state index < -0.39 is 11.8 Å². The molecule has 0 fully saturated rings. The maximum absolute atomic E-state index is 13.8. The molecule has 0 atom stereocenters. The van der Waals surface area contributed by atoms with Crippen molar-refractivity contribution in [2.75, 3.05) is 18.2 Å². The number of nitrogen functional groups attached to an aromatic ring is 1. The minimum Gasteiger partial charge on any atom is -0.465 e. The number of ether oxygens (including phenoxy) is 1. The zero-order chi connectivity index (χ0) is 13.9. The molecule has 0 bridgehead atoms. The monoisotopic (exact) mass is 254 g/mol. The molecule has 0 unspecified atom stereocenters. The molecule has 0 spiro atoms. The van der Waals surface area contributed by atoms with E-state index in [2.05, 4.69) is 10.1 Å².